The Labute approximate surface area is 210 Å². The summed E-state index contributed by atoms with van der Waals surface area (Å²) < 4.78 is 8.75. The number of amides is 1. The molecule has 7 heteroatoms. The van der Waals surface area contributed by atoms with Gasteiger partial charge in [-0.25, -0.2) is 9.97 Å². The molecule has 7 nitrogen and oxygen atoms in total. The third kappa shape index (κ3) is 4.19. The van der Waals surface area contributed by atoms with Crippen molar-refractivity contribution in [3.63, 3.8) is 0 Å². The molecule has 1 aliphatic carbocycles. The van der Waals surface area contributed by atoms with E-state index < -0.39 is 0 Å². The number of aryl methyl sites for hydroxylation is 1. The van der Waals surface area contributed by atoms with Crippen LogP contribution in [0.15, 0.2) is 61.1 Å². The molecule has 1 fully saturated rings. The summed E-state index contributed by atoms with van der Waals surface area (Å²) >= 11 is 0. The fourth-order valence-corrected chi connectivity index (χ4v) is 5.83. The van der Waals surface area contributed by atoms with Crippen LogP contribution in [0.1, 0.15) is 62.3 Å². The zero-order chi connectivity index (χ0) is 24.6. The SMILES string of the molecule is CC(=O)NC1CCC(n2cc(-c3ccc4c(c3)OC(c3ccccc3)CC4)c3c(N)ncnc32)CC1. The first-order valence-corrected chi connectivity index (χ1v) is 12.8. The molecule has 1 amide bonds. The first-order valence-electron chi connectivity index (χ1n) is 12.8. The maximum Gasteiger partial charge on any atom is 0.217 e. The Hall–Kier alpha value is -3.87. The Morgan fingerprint density at radius 2 is 1.86 bits per heavy atom. The van der Waals surface area contributed by atoms with Crippen LogP contribution in [0.3, 0.4) is 0 Å². The highest BCUT2D eigenvalue weighted by Crippen LogP contribution is 2.41. The third-order valence-electron chi connectivity index (χ3n) is 7.63. The highest BCUT2D eigenvalue weighted by Gasteiger charge is 2.27. The van der Waals surface area contributed by atoms with Gasteiger partial charge in [0.1, 0.15) is 29.6 Å². The van der Waals surface area contributed by atoms with Crippen molar-refractivity contribution in [2.45, 2.75) is 63.6 Å². The summed E-state index contributed by atoms with van der Waals surface area (Å²) in [6.45, 7) is 1.59. The number of nitrogens with two attached hydrogens (primary N) is 1. The molecule has 1 aliphatic heterocycles. The van der Waals surface area contributed by atoms with E-state index in [9.17, 15) is 4.79 Å². The predicted octanol–water partition coefficient (Wildman–Crippen LogP) is 5.37. The summed E-state index contributed by atoms with van der Waals surface area (Å²) in [5.74, 6) is 1.46. The molecule has 1 unspecified atom stereocenters. The van der Waals surface area contributed by atoms with E-state index in [-0.39, 0.29) is 18.1 Å². The van der Waals surface area contributed by atoms with E-state index in [1.807, 2.05) is 6.07 Å². The van der Waals surface area contributed by atoms with Crippen LogP contribution in [-0.2, 0) is 11.2 Å². The molecule has 3 heterocycles. The van der Waals surface area contributed by atoms with Crippen molar-refractivity contribution >= 4 is 22.8 Å². The Bertz CT molecular complexity index is 1410. The lowest BCUT2D eigenvalue weighted by Gasteiger charge is -2.30. The average Bonchev–Trinajstić information content (AvgIpc) is 3.30. The van der Waals surface area contributed by atoms with Crippen LogP contribution in [-0.4, -0.2) is 26.5 Å². The number of anilines is 1. The molecule has 2 aliphatic rings. The van der Waals surface area contributed by atoms with Gasteiger partial charge in [0.2, 0.25) is 5.91 Å². The van der Waals surface area contributed by atoms with Crippen LogP contribution in [0.2, 0.25) is 0 Å². The number of rotatable bonds is 4. The molecular formula is C29H31N5O2. The zero-order valence-electron chi connectivity index (χ0n) is 20.5. The molecule has 3 N–H and O–H groups in total. The van der Waals surface area contributed by atoms with Crippen molar-refractivity contribution in [1.29, 1.82) is 0 Å². The second kappa shape index (κ2) is 9.30. The number of benzene rings is 2. The van der Waals surface area contributed by atoms with Crippen LogP contribution in [0.5, 0.6) is 5.75 Å². The van der Waals surface area contributed by atoms with Crippen molar-refractivity contribution in [3.8, 4) is 16.9 Å². The Morgan fingerprint density at radius 1 is 1.06 bits per heavy atom. The van der Waals surface area contributed by atoms with E-state index >= 15 is 0 Å². The first-order chi connectivity index (χ1) is 17.6. The van der Waals surface area contributed by atoms with Gasteiger partial charge in [0.15, 0.2) is 0 Å². The van der Waals surface area contributed by atoms with Gasteiger partial charge in [-0.2, -0.15) is 0 Å². The van der Waals surface area contributed by atoms with Crippen molar-refractivity contribution in [3.05, 3.63) is 72.2 Å². The number of carbonyl (C=O) groups is 1. The van der Waals surface area contributed by atoms with Crippen molar-refractivity contribution in [1.82, 2.24) is 19.9 Å². The van der Waals surface area contributed by atoms with E-state index in [1.54, 1.807) is 13.3 Å². The summed E-state index contributed by atoms with van der Waals surface area (Å²) in [5.41, 5.74) is 11.8. The molecule has 1 atom stereocenters. The van der Waals surface area contributed by atoms with Gasteiger partial charge in [-0.05, 0) is 61.3 Å². The van der Waals surface area contributed by atoms with E-state index in [1.165, 1.54) is 11.1 Å². The smallest absolute Gasteiger partial charge is 0.217 e. The molecule has 36 heavy (non-hydrogen) atoms. The molecule has 1 saturated carbocycles. The molecule has 0 bridgehead atoms. The second-order valence-electron chi connectivity index (χ2n) is 9.99. The molecule has 4 aromatic rings. The van der Waals surface area contributed by atoms with Crippen LogP contribution in [0.4, 0.5) is 5.82 Å². The number of hydrogen-bond donors (Lipinski definition) is 2. The van der Waals surface area contributed by atoms with Gasteiger partial charge in [-0.3, -0.25) is 4.79 Å². The fourth-order valence-electron chi connectivity index (χ4n) is 5.83. The van der Waals surface area contributed by atoms with Gasteiger partial charge in [-0.15, -0.1) is 0 Å². The molecule has 0 radical (unpaired) electrons. The number of hydrogen-bond acceptors (Lipinski definition) is 5. The van der Waals surface area contributed by atoms with E-state index in [0.29, 0.717) is 11.9 Å². The maximum absolute atomic E-state index is 11.5. The maximum atomic E-state index is 11.5. The minimum Gasteiger partial charge on any atom is -0.485 e. The standard InChI is InChI=1S/C29H31N5O2/c1-18(35)33-22-10-12-23(13-11-22)34-16-24(27-28(30)31-17-32-29(27)34)21-8-7-20-9-14-25(36-26(20)15-21)19-5-3-2-4-6-19/h2-8,15-17,22-23,25H,9-14H2,1H3,(H,33,35)(H2,30,31,32). The Kier molecular flexibility index (Phi) is 5.83. The number of nitrogen functional groups attached to an aromatic ring is 1. The highest BCUT2D eigenvalue weighted by molar-refractivity contribution is 6.00. The van der Waals surface area contributed by atoms with Gasteiger partial charge in [-0.1, -0.05) is 42.5 Å². The first kappa shape index (κ1) is 22.6. The van der Waals surface area contributed by atoms with Gasteiger partial charge >= 0.3 is 0 Å². The van der Waals surface area contributed by atoms with Crippen LogP contribution >= 0.6 is 0 Å². The number of aromatic nitrogens is 3. The molecule has 2 aromatic carbocycles. The van der Waals surface area contributed by atoms with Crippen molar-refractivity contribution < 1.29 is 9.53 Å². The van der Waals surface area contributed by atoms with Gasteiger partial charge in [0.25, 0.3) is 0 Å². The summed E-state index contributed by atoms with van der Waals surface area (Å²) in [6.07, 6.45) is 9.59. The van der Waals surface area contributed by atoms with Crippen LogP contribution in [0, 0.1) is 0 Å². The fraction of sp³-hybridized carbons (Fsp3) is 0.345. The lowest BCUT2D eigenvalue weighted by atomic mass is 9.91. The topological polar surface area (TPSA) is 95.1 Å². The summed E-state index contributed by atoms with van der Waals surface area (Å²) in [4.78, 5) is 20.4. The quantitative estimate of drug-likeness (QED) is 0.409. The largest absolute Gasteiger partial charge is 0.485 e. The molecular weight excluding hydrogens is 450 g/mol. The van der Waals surface area contributed by atoms with E-state index in [4.69, 9.17) is 10.5 Å². The van der Waals surface area contributed by atoms with Crippen LogP contribution < -0.4 is 15.8 Å². The molecule has 6 rings (SSSR count). The zero-order valence-corrected chi connectivity index (χ0v) is 20.5. The Balaban J connectivity index is 1.34. The minimum atomic E-state index is 0.0387. The predicted molar refractivity (Wildman–Crippen MR) is 141 cm³/mol. The second-order valence-corrected chi connectivity index (χ2v) is 9.99. The number of nitrogens with one attached hydrogen (secondary N) is 1. The van der Waals surface area contributed by atoms with Crippen LogP contribution in [0.25, 0.3) is 22.2 Å². The molecule has 0 saturated heterocycles. The normalized spacial score (nSPS) is 21.5. The monoisotopic (exact) mass is 481 g/mol. The summed E-state index contributed by atoms with van der Waals surface area (Å²) in [5, 5.41) is 3.95. The summed E-state index contributed by atoms with van der Waals surface area (Å²) in [6, 6.07) is 17.4. The van der Waals surface area contributed by atoms with E-state index in [2.05, 4.69) is 68.5 Å². The highest BCUT2D eigenvalue weighted by atomic mass is 16.5. The van der Waals surface area contributed by atoms with Gasteiger partial charge in [0.05, 0.1) is 5.39 Å². The van der Waals surface area contributed by atoms with Gasteiger partial charge in [0, 0.05) is 30.8 Å². The average molecular weight is 482 g/mol. The molecule has 2 aromatic heterocycles. The number of nitrogens with zero attached hydrogens (tertiary/aromatic N) is 3. The van der Waals surface area contributed by atoms with Gasteiger partial charge < -0.3 is 20.4 Å². The molecule has 0 spiro atoms. The number of carbonyl (C=O) groups excluding carboxylic acids is 1. The third-order valence-corrected chi connectivity index (χ3v) is 7.63. The molecule has 184 valence electrons. The minimum absolute atomic E-state index is 0.0387. The Morgan fingerprint density at radius 3 is 2.64 bits per heavy atom. The number of ether oxygens (including phenoxy) is 1. The lowest BCUT2D eigenvalue weighted by molar-refractivity contribution is -0.119. The number of fused-ring (bicyclic) bond motifs is 2. The van der Waals surface area contributed by atoms with Crippen molar-refractivity contribution in [2.75, 3.05) is 5.73 Å². The summed E-state index contributed by atoms with van der Waals surface area (Å²) in [7, 11) is 0. The lowest BCUT2D eigenvalue weighted by Crippen LogP contribution is -2.36. The van der Waals surface area contributed by atoms with E-state index in [0.717, 1.165) is 66.4 Å². The van der Waals surface area contributed by atoms with Crippen molar-refractivity contribution in [2.24, 2.45) is 0 Å².